The second-order valence-corrected chi connectivity index (χ2v) is 6.11. The van der Waals surface area contributed by atoms with Gasteiger partial charge in [0, 0.05) is 34.4 Å². The molecule has 0 aliphatic heterocycles. The molecular formula is C21H15ClN2O. The molecule has 122 valence electrons. The summed E-state index contributed by atoms with van der Waals surface area (Å²) in [6.07, 6.45) is 3.60. The van der Waals surface area contributed by atoms with Gasteiger partial charge in [0.1, 0.15) is 11.3 Å². The Balaban J connectivity index is 1.85. The van der Waals surface area contributed by atoms with Gasteiger partial charge in [0.25, 0.3) is 0 Å². The van der Waals surface area contributed by atoms with Gasteiger partial charge >= 0.3 is 0 Å². The molecule has 0 radical (unpaired) electrons. The number of para-hydroxylation sites is 1. The van der Waals surface area contributed by atoms with Crippen molar-refractivity contribution < 1.29 is 4.42 Å². The minimum Gasteiger partial charge on any atom is -0.456 e. The third-order valence-electron chi connectivity index (χ3n) is 3.93. The van der Waals surface area contributed by atoms with Crippen LogP contribution in [-0.4, -0.2) is 4.98 Å². The van der Waals surface area contributed by atoms with Gasteiger partial charge in [-0.05, 0) is 48.0 Å². The predicted molar refractivity (Wildman–Crippen MR) is 100 cm³/mol. The summed E-state index contributed by atoms with van der Waals surface area (Å²) < 4.78 is 6.06. The molecule has 0 aliphatic carbocycles. The lowest BCUT2D eigenvalue weighted by Gasteiger charge is -2.05. The average Bonchev–Trinajstić information content (AvgIpc) is 2.67. The van der Waals surface area contributed by atoms with Gasteiger partial charge in [-0.2, -0.15) is 0 Å². The molecule has 2 aromatic heterocycles. The smallest absolute Gasteiger partial charge is 0.136 e. The van der Waals surface area contributed by atoms with Crippen molar-refractivity contribution in [2.75, 3.05) is 0 Å². The fourth-order valence-electron chi connectivity index (χ4n) is 2.67. The van der Waals surface area contributed by atoms with E-state index in [1.807, 2.05) is 72.9 Å². The molecule has 4 rings (SSSR count). The Morgan fingerprint density at radius 2 is 1.80 bits per heavy atom. The highest BCUT2D eigenvalue weighted by Gasteiger charge is 2.05. The number of fused-ring (bicyclic) bond motifs is 1. The lowest BCUT2D eigenvalue weighted by Crippen LogP contribution is -2.04. The maximum Gasteiger partial charge on any atom is 0.136 e. The molecule has 3 nitrogen and oxygen atoms in total. The van der Waals surface area contributed by atoms with E-state index < -0.39 is 0 Å². The summed E-state index contributed by atoms with van der Waals surface area (Å²) in [6.45, 7) is 0.571. The monoisotopic (exact) mass is 346 g/mol. The fraction of sp³-hybridized carbons (Fsp3) is 0.0476. The Morgan fingerprint density at radius 1 is 0.960 bits per heavy atom. The summed E-state index contributed by atoms with van der Waals surface area (Å²) in [7, 11) is 0. The number of halogens is 1. The van der Waals surface area contributed by atoms with Gasteiger partial charge < -0.3 is 4.42 Å². The highest BCUT2D eigenvalue weighted by molar-refractivity contribution is 6.30. The second-order valence-electron chi connectivity index (χ2n) is 5.68. The third kappa shape index (κ3) is 3.47. The molecule has 4 heteroatoms. The molecule has 0 N–H and O–H groups in total. The first kappa shape index (κ1) is 15.6. The van der Waals surface area contributed by atoms with Crippen molar-refractivity contribution >= 4 is 22.6 Å². The summed E-state index contributed by atoms with van der Waals surface area (Å²) in [4.78, 5) is 8.92. The fourth-order valence-corrected chi connectivity index (χ4v) is 2.80. The highest BCUT2D eigenvalue weighted by atomic mass is 35.5. The van der Waals surface area contributed by atoms with Crippen molar-refractivity contribution in [2.24, 2.45) is 4.99 Å². The zero-order valence-corrected chi connectivity index (χ0v) is 14.1. The summed E-state index contributed by atoms with van der Waals surface area (Å²) in [5.74, 6) is 0.764. The Morgan fingerprint density at radius 3 is 2.60 bits per heavy atom. The zero-order chi connectivity index (χ0) is 17.1. The van der Waals surface area contributed by atoms with Crippen LogP contribution in [0.15, 0.2) is 88.5 Å². The van der Waals surface area contributed by atoms with Crippen LogP contribution in [0.2, 0.25) is 5.02 Å². The maximum absolute atomic E-state index is 6.06. The normalized spacial score (nSPS) is 11.8. The summed E-state index contributed by atoms with van der Waals surface area (Å²) in [5, 5.41) is 2.59. The zero-order valence-electron chi connectivity index (χ0n) is 13.4. The van der Waals surface area contributed by atoms with Crippen LogP contribution in [0.1, 0.15) is 5.56 Å². The molecule has 0 aliphatic rings. The number of nitrogens with zero attached hydrogens (tertiary/aromatic N) is 2. The molecular weight excluding hydrogens is 332 g/mol. The van der Waals surface area contributed by atoms with E-state index in [4.69, 9.17) is 21.0 Å². The molecule has 0 unspecified atom stereocenters. The molecule has 2 aromatic carbocycles. The molecule has 0 saturated carbocycles. The molecule has 4 aromatic rings. The second kappa shape index (κ2) is 6.91. The predicted octanol–water partition coefficient (Wildman–Crippen LogP) is 5.25. The van der Waals surface area contributed by atoms with E-state index in [2.05, 4.69) is 4.98 Å². The number of hydrogen-bond acceptors (Lipinski definition) is 3. The Bertz CT molecular complexity index is 1070. The minimum absolute atomic E-state index is 0.571. The van der Waals surface area contributed by atoms with Crippen molar-refractivity contribution in [3.8, 4) is 11.3 Å². The standard InChI is InChI=1S/C21H15ClN2O/c22-17-9-7-16(8-10-17)21-12-19(18-5-1-2-6-20(18)25-21)24-14-15-4-3-11-23-13-15/h1-13H,14H2. The van der Waals surface area contributed by atoms with Crippen molar-refractivity contribution in [1.29, 1.82) is 0 Å². The number of hydrogen-bond donors (Lipinski definition) is 0. The van der Waals surface area contributed by atoms with E-state index in [0.717, 1.165) is 33.2 Å². The molecule has 0 fully saturated rings. The lowest BCUT2D eigenvalue weighted by atomic mass is 10.1. The number of pyridine rings is 1. The lowest BCUT2D eigenvalue weighted by molar-refractivity contribution is 0.618. The van der Waals surface area contributed by atoms with Crippen LogP contribution in [0.5, 0.6) is 0 Å². The minimum atomic E-state index is 0.571. The Hall–Kier alpha value is -2.91. The maximum atomic E-state index is 6.06. The summed E-state index contributed by atoms with van der Waals surface area (Å²) in [5.41, 5.74) is 2.84. The van der Waals surface area contributed by atoms with Crippen LogP contribution in [0.4, 0.5) is 0 Å². The van der Waals surface area contributed by atoms with E-state index in [-0.39, 0.29) is 0 Å². The first-order valence-corrected chi connectivity index (χ1v) is 8.36. The van der Waals surface area contributed by atoms with Crippen molar-refractivity contribution in [3.05, 3.63) is 95.1 Å². The molecule has 0 bridgehead atoms. The SMILES string of the molecule is Clc1ccc(-c2cc(=NCc3cccnc3)c3ccccc3o2)cc1. The Labute approximate surface area is 150 Å². The van der Waals surface area contributed by atoms with Crippen LogP contribution >= 0.6 is 11.6 Å². The van der Waals surface area contributed by atoms with Gasteiger partial charge in [-0.1, -0.05) is 29.8 Å². The number of rotatable bonds is 3. The third-order valence-corrected chi connectivity index (χ3v) is 4.19. The van der Waals surface area contributed by atoms with E-state index in [1.165, 1.54) is 0 Å². The first-order chi connectivity index (χ1) is 12.3. The van der Waals surface area contributed by atoms with Crippen LogP contribution in [0.3, 0.4) is 0 Å². The van der Waals surface area contributed by atoms with Crippen molar-refractivity contribution in [2.45, 2.75) is 6.54 Å². The van der Waals surface area contributed by atoms with Gasteiger partial charge in [0.15, 0.2) is 0 Å². The molecule has 2 heterocycles. The van der Waals surface area contributed by atoms with E-state index in [9.17, 15) is 0 Å². The van der Waals surface area contributed by atoms with Crippen LogP contribution in [0.25, 0.3) is 22.3 Å². The molecule has 0 atom stereocenters. The largest absolute Gasteiger partial charge is 0.456 e. The molecule has 0 saturated heterocycles. The van der Waals surface area contributed by atoms with E-state index in [1.54, 1.807) is 6.20 Å². The number of aromatic nitrogens is 1. The average molecular weight is 347 g/mol. The van der Waals surface area contributed by atoms with Crippen LogP contribution in [-0.2, 0) is 6.54 Å². The molecule has 25 heavy (non-hydrogen) atoms. The van der Waals surface area contributed by atoms with E-state index in [0.29, 0.717) is 11.6 Å². The van der Waals surface area contributed by atoms with E-state index >= 15 is 0 Å². The van der Waals surface area contributed by atoms with Crippen LogP contribution in [0, 0.1) is 0 Å². The summed E-state index contributed by atoms with van der Waals surface area (Å²) in [6, 6.07) is 21.4. The van der Waals surface area contributed by atoms with Gasteiger partial charge in [0.2, 0.25) is 0 Å². The van der Waals surface area contributed by atoms with Crippen molar-refractivity contribution in [1.82, 2.24) is 4.98 Å². The molecule has 0 amide bonds. The first-order valence-electron chi connectivity index (χ1n) is 7.98. The van der Waals surface area contributed by atoms with Gasteiger partial charge in [-0.25, -0.2) is 0 Å². The highest BCUT2D eigenvalue weighted by Crippen LogP contribution is 2.23. The summed E-state index contributed by atoms with van der Waals surface area (Å²) >= 11 is 5.99. The van der Waals surface area contributed by atoms with Crippen LogP contribution < -0.4 is 5.36 Å². The van der Waals surface area contributed by atoms with Gasteiger partial charge in [0.05, 0.1) is 11.9 Å². The molecule has 0 spiro atoms. The Kier molecular flexibility index (Phi) is 4.32. The number of benzene rings is 2. The van der Waals surface area contributed by atoms with Crippen molar-refractivity contribution in [3.63, 3.8) is 0 Å². The quantitative estimate of drug-likeness (QED) is 0.508. The topological polar surface area (TPSA) is 38.4 Å². The van der Waals surface area contributed by atoms with Gasteiger partial charge in [-0.15, -0.1) is 0 Å². The van der Waals surface area contributed by atoms with Gasteiger partial charge in [-0.3, -0.25) is 9.98 Å².